The van der Waals surface area contributed by atoms with Crippen LogP contribution in [0.15, 0.2) is 103 Å². The molecule has 0 spiro atoms. The minimum atomic E-state index is 0.577. The Bertz CT molecular complexity index is 1860. The van der Waals surface area contributed by atoms with Crippen molar-refractivity contribution in [1.82, 2.24) is 4.98 Å². The largest absolute Gasteiger partial charge is 0.486 e. The lowest BCUT2D eigenvalue weighted by Gasteiger charge is -2.18. The van der Waals surface area contributed by atoms with E-state index in [0.29, 0.717) is 18.9 Å². The maximum Gasteiger partial charge on any atom is 0.187 e. The number of pyridine rings is 1. The van der Waals surface area contributed by atoms with Gasteiger partial charge in [0.05, 0.1) is 6.57 Å². The van der Waals surface area contributed by atoms with Gasteiger partial charge in [0.25, 0.3) is 0 Å². The van der Waals surface area contributed by atoms with Crippen molar-refractivity contribution in [3.63, 3.8) is 0 Å². The molecule has 0 atom stereocenters. The van der Waals surface area contributed by atoms with E-state index in [1.807, 2.05) is 43.3 Å². The lowest BCUT2D eigenvalue weighted by Crippen LogP contribution is -2.15. The van der Waals surface area contributed by atoms with E-state index < -0.39 is 0 Å². The zero-order valence-electron chi connectivity index (χ0n) is 27.8. The summed E-state index contributed by atoms with van der Waals surface area (Å²) in [5.41, 5.74) is 8.45. The van der Waals surface area contributed by atoms with Crippen molar-refractivity contribution in [1.29, 1.82) is 0 Å². The molecule has 0 N–H and O–H groups in total. The molecule has 0 unspecified atom stereocenters. The van der Waals surface area contributed by atoms with E-state index in [4.69, 9.17) is 16.0 Å². The third-order valence-electron chi connectivity index (χ3n) is 7.11. The molecule has 2 aliphatic rings. The number of benzene rings is 3. The number of hydrogen-bond acceptors (Lipinski definition) is 7. The highest BCUT2D eigenvalue weighted by Crippen LogP contribution is 2.31. The molecule has 0 fully saturated rings. The molecule has 1 aromatic heterocycles. The third kappa shape index (κ3) is 13.7. The summed E-state index contributed by atoms with van der Waals surface area (Å²) in [7, 11) is 0. The smallest absolute Gasteiger partial charge is 0.187 e. The van der Waals surface area contributed by atoms with E-state index in [1.165, 1.54) is 54.7 Å². The van der Waals surface area contributed by atoms with Gasteiger partial charge in [0, 0.05) is 11.9 Å². The molecule has 0 radical (unpaired) electrons. The van der Waals surface area contributed by atoms with Crippen molar-refractivity contribution >= 4 is 55.1 Å². The minimum Gasteiger partial charge on any atom is -0.486 e. The second kappa shape index (κ2) is 22.2. The van der Waals surface area contributed by atoms with Crippen LogP contribution in [0.3, 0.4) is 0 Å². The summed E-state index contributed by atoms with van der Waals surface area (Å²) < 4.78 is 10.8. The molecule has 8 nitrogen and oxygen atoms in total. The van der Waals surface area contributed by atoms with Crippen LogP contribution < -0.4 is 9.47 Å². The Balaban J connectivity index is 0.000000181. The summed E-state index contributed by atoms with van der Waals surface area (Å²) in [5, 5.41) is 0. The molecule has 0 saturated heterocycles. The molecular formula is C42H38N2O6. The van der Waals surface area contributed by atoms with Crippen LogP contribution in [0.25, 0.3) is 29.1 Å². The van der Waals surface area contributed by atoms with Gasteiger partial charge in [0.2, 0.25) is 0 Å². The fraction of sp³-hybridized carbons (Fsp3) is 0.143. The third-order valence-corrected chi connectivity index (χ3v) is 7.11. The van der Waals surface area contributed by atoms with Crippen molar-refractivity contribution in [3.8, 4) is 11.5 Å². The lowest BCUT2D eigenvalue weighted by atomic mass is 10.1. The molecule has 252 valence electrons. The summed E-state index contributed by atoms with van der Waals surface area (Å²) in [4.78, 5) is 47.5. The Labute approximate surface area is 292 Å². The Morgan fingerprint density at radius 1 is 0.600 bits per heavy atom. The number of ether oxygens (including phenoxy) is 2. The lowest BCUT2D eigenvalue weighted by molar-refractivity contribution is -0.104. The van der Waals surface area contributed by atoms with Crippen LogP contribution in [0.4, 0.5) is 5.69 Å². The number of nitrogens with zero attached hydrogens (tertiary/aromatic N) is 2. The molecule has 8 heteroatoms. The first-order chi connectivity index (χ1) is 24.5. The molecule has 50 heavy (non-hydrogen) atoms. The van der Waals surface area contributed by atoms with Crippen LogP contribution in [0.1, 0.15) is 45.5 Å². The average Bonchev–Trinajstić information content (AvgIpc) is 3.64. The first-order valence-electron chi connectivity index (χ1n) is 15.9. The Morgan fingerprint density at radius 2 is 1.12 bits per heavy atom. The maximum atomic E-state index is 10.1. The Morgan fingerprint density at radius 3 is 1.72 bits per heavy atom. The minimum absolute atomic E-state index is 0.577. The van der Waals surface area contributed by atoms with Crippen LogP contribution in [-0.2, 0) is 32.0 Å². The van der Waals surface area contributed by atoms with E-state index in [2.05, 4.69) is 28.0 Å². The number of carbonyl (C=O) groups excluding carboxylic acids is 4. The highest BCUT2D eigenvalue weighted by atomic mass is 16.6. The van der Waals surface area contributed by atoms with Crippen molar-refractivity contribution in [2.24, 2.45) is 0 Å². The normalized spacial score (nSPS) is 12.4. The quantitative estimate of drug-likeness (QED) is 0.106. The number of hydrogen-bond donors (Lipinski definition) is 0. The Kier molecular flexibility index (Phi) is 16.8. The summed E-state index contributed by atoms with van der Waals surface area (Å²) in [6.07, 6.45) is 21.3. The van der Waals surface area contributed by atoms with E-state index in [9.17, 15) is 19.2 Å². The first kappa shape index (κ1) is 38.0. The monoisotopic (exact) mass is 666 g/mol. The zero-order chi connectivity index (χ0) is 35.8. The van der Waals surface area contributed by atoms with Gasteiger partial charge in [-0.2, -0.15) is 0 Å². The number of aromatic nitrogens is 1. The molecule has 1 aliphatic carbocycles. The van der Waals surface area contributed by atoms with Crippen molar-refractivity contribution in [2.75, 3.05) is 13.2 Å². The van der Waals surface area contributed by atoms with Crippen LogP contribution in [0.5, 0.6) is 11.5 Å². The second-order valence-electron chi connectivity index (χ2n) is 10.7. The number of rotatable bonds is 8. The van der Waals surface area contributed by atoms with Crippen LogP contribution in [-0.4, -0.2) is 43.3 Å². The highest BCUT2D eigenvalue weighted by Gasteiger charge is 2.11. The highest BCUT2D eigenvalue weighted by molar-refractivity contribution is 5.75. The first-order valence-corrected chi connectivity index (χ1v) is 15.9. The predicted octanol–water partition coefficient (Wildman–Crippen LogP) is 8.11. The summed E-state index contributed by atoms with van der Waals surface area (Å²) in [6.45, 7) is 9.80. The second-order valence-corrected chi connectivity index (χ2v) is 10.7. The zero-order valence-corrected chi connectivity index (χ0v) is 27.8. The topological polar surface area (TPSA) is 104 Å². The maximum absolute atomic E-state index is 10.1. The van der Waals surface area contributed by atoms with E-state index in [-0.39, 0.29) is 0 Å². The summed E-state index contributed by atoms with van der Waals surface area (Å²) >= 11 is 0. The standard InChI is InChI=1S/C12H12O.C11H10O3.C10H7NO.C9H9NO/c13-8-2-3-10-6-7-11-4-1-5-12(11)9-10;12-5-1-2-9-3-4-10-11(8-9)14-7-6-13-10;1-11-10-6-4-9(5-7-10)3-2-8-12;1-8-4-5-9(7-10-8)3-2-6-11/h2-3,6-9H,1,4-5H2;1-5,8H,6-7H2;2-8H;2-7H,1H3/b3-2+;2-1+;2*3-2+. The van der Waals surface area contributed by atoms with Gasteiger partial charge in [0.1, 0.15) is 38.4 Å². The van der Waals surface area contributed by atoms with Gasteiger partial charge in [-0.3, -0.25) is 24.2 Å². The van der Waals surface area contributed by atoms with Crippen LogP contribution in [0, 0.1) is 13.5 Å². The molecule has 0 saturated carbocycles. The molecule has 3 aromatic carbocycles. The van der Waals surface area contributed by atoms with Gasteiger partial charge in [0.15, 0.2) is 17.2 Å². The number of aryl methyl sites for hydroxylation is 3. The molecule has 6 rings (SSSR count). The SMILES string of the molecule is Cc1ccc(/C=C/C=O)cn1.O=C/C=C/c1ccc2c(c1)CCC2.O=C/C=C/c1ccc2c(c1)OCCO2.[C-]#[N+]c1ccc(/C=C/C=O)cc1. The number of carbonyl (C=O) groups is 4. The van der Waals surface area contributed by atoms with Crippen LogP contribution >= 0.6 is 0 Å². The van der Waals surface area contributed by atoms with Gasteiger partial charge < -0.3 is 9.47 Å². The number of allylic oxidation sites excluding steroid dienone is 4. The van der Waals surface area contributed by atoms with Gasteiger partial charge in [-0.05, 0) is 102 Å². The van der Waals surface area contributed by atoms with Gasteiger partial charge in [-0.1, -0.05) is 78.9 Å². The molecule has 1 aliphatic heterocycles. The number of aldehydes is 4. The van der Waals surface area contributed by atoms with Crippen LogP contribution in [0.2, 0.25) is 0 Å². The summed E-state index contributed by atoms with van der Waals surface area (Å²) in [5.74, 6) is 1.50. The van der Waals surface area contributed by atoms with Gasteiger partial charge >= 0.3 is 0 Å². The summed E-state index contributed by atoms with van der Waals surface area (Å²) in [6, 6.07) is 22.9. The van der Waals surface area contributed by atoms with Crippen molar-refractivity contribution in [3.05, 3.63) is 154 Å². The van der Waals surface area contributed by atoms with Gasteiger partial charge in [-0.25, -0.2) is 4.85 Å². The predicted molar refractivity (Wildman–Crippen MR) is 198 cm³/mol. The van der Waals surface area contributed by atoms with Crippen molar-refractivity contribution < 1.29 is 28.7 Å². The Hall–Kier alpha value is -6.46. The molecule has 0 amide bonds. The number of fused-ring (bicyclic) bond motifs is 2. The van der Waals surface area contributed by atoms with Crippen molar-refractivity contribution in [2.45, 2.75) is 26.2 Å². The molecule has 4 aromatic rings. The average molecular weight is 667 g/mol. The molecular weight excluding hydrogens is 628 g/mol. The van der Waals surface area contributed by atoms with E-state index in [0.717, 1.165) is 64.6 Å². The van der Waals surface area contributed by atoms with E-state index >= 15 is 0 Å². The molecule has 0 bridgehead atoms. The molecule has 2 heterocycles. The fourth-order valence-electron chi connectivity index (χ4n) is 4.70. The van der Waals surface area contributed by atoms with Gasteiger partial charge in [-0.15, -0.1) is 0 Å². The van der Waals surface area contributed by atoms with E-state index in [1.54, 1.807) is 48.7 Å². The fourth-order valence-corrected chi connectivity index (χ4v) is 4.70.